The highest BCUT2D eigenvalue weighted by molar-refractivity contribution is 5.91. The zero-order valence-corrected chi connectivity index (χ0v) is 19.5. The Morgan fingerprint density at radius 1 is 0.944 bits per heavy atom. The maximum atomic E-state index is 13.2. The molecule has 0 saturated carbocycles. The van der Waals surface area contributed by atoms with Gasteiger partial charge in [0.1, 0.15) is 36.4 Å². The predicted octanol–water partition coefficient (Wildman–Crippen LogP) is 4.41. The van der Waals surface area contributed by atoms with Gasteiger partial charge in [0, 0.05) is 23.8 Å². The fourth-order valence-corrected chi connectivity index (χ4v) is 3.44. The molecule has 0 aliphatic heterocycles. The van der Waals surface area contributed by atoms with Crippen molar-refractivity contribution in [1.82, 2.24) is 19.9 Å². The number of benzene rings is 1. The van der Waals surface area contributed by atoms with Gasteiger partial charge >= 0.3 is 6.18 Å². The number of rotatable bonds is 9. The highest BCUT2D eigenvalue weighted by Gasteiger charge is 2.31. The van der Waals surface area contributed by atoms with Crippen LogP contribution in [-0.2, 0) is 12.7 Å². The number of hydrogen-bond acceptors (Lipinski definition) is 9. The lowest BCUT2D eigenvalue weighted by molar-refractivity contribution is -0.137. The zero-order chi connectivity index (χ0) is 25.7. The van der Waals surface area contributed by atoms with E-state index in [-0.39, 0.29) is 31.3 Å². The van der Waals surface area contributed by atoms with E-state index >= 15 is 0 Å². The van der Waals surface area contributed by atoms with E-state index in [1.54, 1.807) is 43.6 Å². The molecular formula is C24H23F3N6O3. The molecule has 36 heavy (non-hydrogen) atoms. The number of pyridine rings is 2. The number of methoxy groups -OCH3 is 1. The summed E-state index contributed by atoms with van der Waals surface area (Å²) >= 11 is 0. The van der Waals surface area contributed by atoms with Crippen molar-refractivity contribution in [3.8, 4) is 17.2 Å². The fourth-order valence-electron chi connectivity index (χ4n) is 3.44. The number of nitrogens with one attached hydrogen (secondary N) is 1. The van der Waals surface area contributed by atoms with Gasteiger partial charge in [-0.05, 0) is 37.3 Å². The summed E-state index contributed by atoms with van der Waals surface area (Å²) in [6.45, 7) is 2.18. The second-order valence-corrected chi connectivity index (χ2v) is 7.64. The van der Waals surface area contributed by atoms with Crippen molar-refractivity contribution in [2.45, 2.75) is 19.6 Å². The standard InChI is InChI=1S/C24H23F3N6O3/c1-14-31-19-12-20(34-2)21(36-8-7-35-17-3-5-29-6-4-17)11-18(19)23(32-14)30-13-16-9-15(24(25,26)27)10-22(28)33-16/h3-6,9-12H,7-8,13H2,1-2H3,(H2,28,33)(H,30,31,32). The second-order valence-electron chi connectivity index (χ2n) is 7.64. The molecule has 0 aliphatic rings. The maximum Gasteiger partial charge on any atom is 0.416 e. The molecular weight excluding hydrogens is 477 g/mol. The molecule has 0 unspecified atom stereocenters. The van der Waals surface area contributed by atoms with Gasteiger partial charge in [0.05, 0.1) is 30.4 Å². The van der Waals surface area contributed by atoms with Crippen LogP contribution < -0.4 is 25.3 Å². The quantitative estimate of drug-likeness (QED) is 0.322. The maximum absolute atomic E-state index is 13.2. The molecule has 12 heteroatoms. The van der Waals surface area contributed by atoms with Crippen LogP contribution in [-0.4, -0.2) is 40.3 Å². The Labute approximate surface area is 204 Å². The van der Waals surface area contributed by atoms with Crippen LogP contribution in [0.1, 0.15) is 17.1 Å². The van der Waals surface area contributed by atoms with Crippen molar-refractivity contribution in [2.75, 3.05) is 31.4 Å². The number of aryl methyl sites for hydroxylation is 1. The Kier molecular flexibility index (Phi) is 7.23. The monoisotopic (exact) mass is 500 g/mol. The van der Waals surface area contributed by atoms with E-state index < -0.39 is 11.7 Å². The van der Waals surface area contributed by atoms with Crippen molar-refractivity contribution in [3.63, 3.8) is 0 Å². The summed E-state index contributed by atoms with van der Waals surface area (Å²) in [5.74, 6) is 2.19. The van der Waals surface area contributed by atoms with Crippen molar-refractivity contribution >= 4 is 22.5 Å². The fraction of sp³-hybridized carbons (Fsp3) is 0.250. The number of nitrogens with zero attached hydrogens (tertiary/aromatic N) is 4. The molecule has 3 aromatic heterocycles. The minimum absolute atomic E-state index is 0.0400. The Morgan fingerprint density at radius 2 is 1.69 bits per heavy atom. The van der Waals surface area contributed by atoms with E-state index in [4.69, 9.17) is 19.9 Å². The summed E-state index contributed by atoms with van der Waals surface area (Å²) in [7, 11) is 1.51. The van der Waals surface area contributed by atoms with Gasteiger partial charge in [0.25, 0.3) is 0 Å². The molecule has 188 valence electrons. The third-order valence-corrected chi connectivity index (χ3v) is 5.01. The van der Waals surface area contributed by atoms with Gasteiger partial charge in [-0.25, -0.2) is 15.0 Å². The van der Waals surface area contributed by atoms with Gasteiger partial charge < -0.3 is 25.3 Å². The number of aromatic nitrogens is 4. The molecule has 9 nitrogen and oxygen atoms in total. The molecule has 0 bridgehead atoms. The topological polar surface area (TPSA) is 117 Å². The van der Waals surface area contributed by atoms with E-state index in [0.29, 0.717) is 39.8 Å². The molecule has 0 fully saturated rings. The van der Waals surface area contributed by atoms with E-state index in [9.17, 15) is 13.2 Å². The number of hydrogen-bond donors (Lipinski definition) is 2. The smallest absolute Gasteiger partial charge is 0.416 e. The molecule has 0 radical (unpaired) electrons. The van der Waals surface area contributed by atoms with Crippen molar-refractivity contribution < 1.29 is 27.4 Å². The van der Waals surface area contributed by atoms with Crippen molar-refractivity contribution in [3.05, 3.63) is 65.9 Å². The highest BCUT2D eigenvalue weighted by atomic mass is 19.4. The Bertz CT molecular complexity index is 1350. The molecule has 0 atom stereocenters. The third kappa shape index (κ3) is 6.01. The van der Waals surface area contributed by atoms with Gasteiger partial charge in [0.15, 0.2) is 11.5 Å². The number of nitrogen functional groups attached to an aromatic ring is 1. The predicted molar refractivity (Wildman–Crippen MR) is 127 cm³/mol. The first-order chi connectivity index (χ1) is 17.2. The molecule has 0 saturated heterocycles. The Hall–Kier alpha value is -4.35. The van der Waals surface area contributed by atoms with Crippen LogP contribution in [0.3, 0.4) is 0 Å². The van der Waals surface area contributed by atoms with Gasteiger partial charge in [0.2, 0.25) is 0 Å². The average molecular weight is 500 g/mol. The summed E-state index contributed by atoms with van der Waals surface area (Å²) in [4.78, 5) is 16.8. The summed E-state index contributed by atoms with van der Waals surface area (Å²) in [6, 6.07) is 8.62. The van der Waals surface area contributed by atoms with Crippen molar-refractivity contribution in [2.24, 2.45) is 0 Å². The normalized spacial score (nSPS) is 11.4. The first-order valence-corrected chi connectivity index (χ1v) is 10.8. The average Bonchev–Trinajstić information content (AvgIpc) is 2.84. The summed E-state index contributed by atoms with van der Waals surface area (Å²) in [5, 5.41) is 3.63. The molecule has 4 aromatic rings. The number of halogens is 3. The van der Waals surface area contributed by atoms with Crippen LogP contribution in [0, 0.1) is 6.92 Å². The lowest BCUT2D eigenvalue weighted by atomic mass is 10.2. The minimum atomic E-state index is -4.53. The van der Waals surface area contributed by atoms with Crippen LogP contribution in [0.15, 0.2) is 48.8 Å². The molecule has 0 amide bonds. The highest BCUT2D eigenvalue weighted by Crippen LogP contribution is 2.35. The minimum Gasteiger partial charge on any atom is -0.493 e. The van der Waals surface area contributed by atoms with Crippen LogP contribution in [0.2, 0.25) is 0 Å². The van der Waals surface area contributed by atoms with Gasteiger partial charge in [-0.15, -0.1) is 0 Å². The lowest BCUT2D eigenvalue weighted by Crippen LogP contribution is -2.12. The van der Waals surface area contributed by atoms with Crippen LogP contribution in [0.5, 0.6) is 17.2 Å². The van der Waals surface area contributed by atoms with Gasteiger partial charge in [-0.1, -0.05) is 0 Å². The number of anilines is 2. The Morgan fingerprint density at radius 3 is 2.42 bits per heavy atom. The van der Waals surface area contributed by atoms with Crippen LogP contribution >= 0.6 is 0 Å². The summed E-state index contributed by atoms with van der Waals surface area (Å²) in [6.07, 6.45) is -1.28. The second kappa shape index (κ2) is 10.5. The number of alkyl halides is 3. The number of fused-ring (bicyclic) bond motifs is 1. The SMILES string of the molecule is COc1cc2nc(C)nc(NCc3cc(C(F)(F)F)cc(N)n3)c2cc1OCCOc1ccncc1. The molecule has 3 heterocycles. The van der Waals surface area contributed by atoms with Crippen LogP contribution in [0.25, 0.3) is 10.9 Å². The zero-order valence-electron chi connectivity index (χ0n) is 19.5. The van der Waals surface area contributed by atoms with Crippen LogP contribution in [0.4, 0.5) is 24.8 Å². The molecule has 1 aromatic carbocycles. The first-order valence-electron chi connectivity index (χ1n) is 10.8. The van der Waals surface area contributed by atoms with Gasteiger partial charge in [-0.3, -0.25) is 4.98 Å². The largest absolute Gasteiger partial charge is 0.493 e. The van der Waals surface area contributed by atoms with Gasteiger partial charge in [-0.2, -0.15) is 13.2 Å². The summed E-state index contributed by atoms with van der Waals surface area (Å²) in [5.41, 5.74) is 5.39. The van der Waals surface area contributed by atoms with E-state index in [2.05, 4.69) is 25.3 Å². The molecule has 0 spiro atoms. The van der Waals surface area contributed by atoms with E-state index in [1.165, 1.54) is 7.11 Å². The third-order valence-electron chi connectivity index (χ3n) is 5.01. The molecule has 4 rings (SSSR count). The molecule has 0 aliphatic carbocycles. The van der Waals surface area contributed by atoms with E-state index in [0.717, 1.165) is 12.1 Å². The number of ether oxygens (including phenoxy) is 3. The number of nitrogens with two attached hydrogens (primary N) is 1. The first kappa shape index (κ1) is 24.8. The Balaban J connectivity index is 1.55. The summed E-state index contributed by atoms with van der Waals surface area (Å²) < 4.78 is 56.4. The lowest BCUT2D eigenvalue weighted by Gasteiger charge is -2.15. The molecule has 3 N–H and O–H groups in total. The van der Waals surface area contributed by atoms with Crippen molar-refractivity contribution in [1.29, 1.82) is 0 Å². The van der Waals surface area contributed by atoms with E-state index in [1.807, 2.05) is 0 Å².